The molecule has 0 aliphatic carbocycles. The van der Waals surface area contributed by atoms with E-state index in [9.17, 15) is 9.59 Å². The molecule has 6 nitrogen and oxygen atoms in total. The second-order valence-electron chi connectivity index (χ2n) is 6.57. The molecule has 0 saturated heterocycles. The van der Waals surface area contributed by atoms with Crippen molar-refractivity contribution >= 4 is 23.1 Å². The van der Waals surface area contributed by atoms with Crippen LogP contribution in [0.1, 0.15) is 24.5 Å². The molecule has 0 radical (unpaired) electrons. The van der Waals surface area contributed by atoms with Crippen LogP contribution in [0.4, 0.5) is 5.69 Å². The van der Waals surface area contributed by atoms with Gasteiger partial charge in [-0.15, -0.1) is 0 Å². The first-order valence-electron chi connectivity index (χ1n) is 9.16. The van der Waals surface area contributed by atoms with E-state index < -0.39 is 0 Å². The minimum atomic E-state index is -0.322. The summed E-state index contributed by atoms with van der Waals surface area (Å²) in [5, 5.41) is 3.13. The Bertz CT molecular complexity index is 932. The molecule has 0 saturated carbocycles. The summed E-state index contributed by atoms with van der Waals surface area (Å²) in [4.78, 5) is 27.2. The highest BCUT2D eigenvalue weighted by molar-refractivity contribution is 6.36. The third-order valence-electron chi connectivity index (χ3n) is 4.61. The van der Waals surface area contributed by atoms with Crippen molar-refractivity contribution in [3.05, 3.63) is 59.3 Å². The van der Waals surface area contributed by atoms with Crippen LogP contribution in [-0.2, 0) is 9.59 Å². The molecular formula is C22H24N2O4. The standard InChI is InChI=1S/C22H24N2O4/c1-5-12-24-21(25)19(15-8-6-14(2)7-9-15)20(22(24)26)23-16-10-11-17(27-3)18(13-16)28-4/h6-11,13,23H,5,12H2,1-4H3. The first-order chi connectivity index (χ1) is 13.5. The number of hydrogen-bond donors (Lipinski definition) is 1. The number of hydrogen-bond acceptors (Lipinski definition) is 5. The SMILES string of the molecule is CCCN1C(=O)C(Nc2ccc(OC)c(OC)c2)=C(c2ccc(C)cc2)C1=O. The van der Waals surface area contributed by atoms with Gasteiger partial charge in [0.25, 0.3) is 11.8 Å². The molecular weight excluding hydrogens is 356 g/mol. The molecule has 1 aliphatic heterocycles. The fourth-order valence-electron chi connectivity index (χ4n) is 3.17. The Morgan fingerprint density at radius 2 is 1.61 bits per heavy atom. The molecule has 0 unspecified atom stereocenters. The van der Waals surface area contributed by atoms with Crippen molar-refractivity contribution in [2.24, 2.45) is 0 Å². The Morgan fingerprint density at radius 3 is 2.21 bits per heavy atom. The van der Waals surface area contributed by atoms with Crippen LogP contribution in [0.5, 0.6) is 11.5 Å². The molecule has 1 N–H and O–H groups in total. The first kappa shape index (κ1) is 19.5. The van der Waals surface area contributed by atoms with Crippen molar-refractivity contribution in [1.29, 1.82) is 0 Å². The predicted molar refractivity (Wildman–Crippen MR) is 108 cm³/mol. The van der Waals surface area contributed by atoms with E-state index in [2.05, 4.69) is 5.32 Å². The lowest BCUT2D eigenvalue weighted by molar-refractivity contribution is -0.136. The van der Waals surface area contributed by atoms with Gasteiger partial charge >= 0.3 is 0 Å². The first-order valence-corrected chi connectivity index (χ1v) is 9.16. The van der Waals surface area contributed by atoms with Gasteiger partial charge in [0.2, 0.25) is 0 Å². The van der Waals surface area contributed by atoms with E-state index in [4.69, 9.17) is 9.47 Å². The molecule has 0 atom stereocenters. The largest absolute Gasteiger partial charge is 0.493 e. The molecule has 3 rings (SSSR count). The molecule has 28 heavy (non-hydrogen) atoms. The lowest BCUT2D eigenvalue weighted by Crippen LogP contribution is -2.33. The van der Waals surface area contributed by atoms with Crippen molar-refractivity contribution in [3.63, 3.8) is 0 Å². The third-order valence-corrected chi connectivity index (χ3v) is 4.61. The van der Waals surface area contributed by atoms with Crippen LogP contribution in [-0.4, -0.2) is 37.5 Å². The number of rotatable bonds is 7. The maximum Gasteiger partial charge on any atom is 0.278 e. The molecule has 146 valence electrons. The summed E-state index contributed by atoms with van der Waals surface area (Å²) in [6.07, 6.45) is 0.697. The molecule has 0 spiro atoms. The second kappa shape index (κ2) is 8.17. The van der Waals surface area contributed by atoms with Crippen LogP contribution in [0.25, 0.3) is 5.57 Å². The molecule has 0 fully saturated rings. The number of carbonyl (C=O) groups is 2. The van der Waals surface area contributed by atoms with E-state index in [0.29, 0.717) is 41.3 Å². The van der Waals surface area contributed by atoms with E-state index in [-0.39, 0.29) is 17.5 Å². The van der Waals surface area contributed by atoms with Gasteiger partial charge in [0.15, 0.2) is 11.5 Å². The number of carbonyl (C=O) groups excluding carboxylic acids is 2. The lowest BCUT2D eigenvalue weighted by Gasteiger charge is -2.14. The van der Waals surface area contributed by atoms with Gasteiger partial charge in [0.1, 0.15) is 5.70 Å². The monoisotopic (exact) mass is 380 g/mol. The van der Waals surface area contributed by atoms with E-state index in [1.807, 2.05) is 38.1 Å². The van der Waals surface area contributed by atoms with Gasteiger partial charge in [-0.1, -0.05) is 36.8 Å². The lowest BCUT2D eigenvalue weighted by atomic mass is 10.0. The summed E-state index contributed by atoms with van der Waals surface area (Å²) in [5.41, 5.74) is 3.09. The third kappa shape index (κ3) is 3.58. The van der Waals surface area contributed by atoms with Crippen molar-refractivity contribution in [1.82, 2.24) is 4.90 Å². The molecule has 2 aromatic carbocycles. The zero-order valence-electron chi connectivity index (χ0n) is 16.5. The number of ether oxygens (including phenoxy) is 2. The normalized spacial score (nSPS) is 13.9. The van der Waals surface area contributed by atoms with Gasteiger partial charge in [0.05, 0.1) is 19.8 Å². The predicted octanol–water partition coefficient (Wildman–Crippen LogP) is 3.61. The summed E-state index contributed by atoms with van der Waals surface area (Å²) in [6, 6.07) is 12.8. The van der Waals surface area contributed by atoms with E-state index in [0.717, 1.165) is 5.56 Å². The van der Waals surface area contributed by atoms with Crippen LogP contribution in [0.2, 0.25) is 0 Å². The molecule has 2 amide bonds. The van der Waals surface area contributed by atoms with E-state index in [1.54, 1.807) is 32.4 Å². The number of aryl methyl sites for hydroxylation is 1. The topological polar surface area (TPSA) is 67.9 Å². The summed E-state index contributed by atoms with van der Waals surface area (Å²) >= 11 is 0. The number of imide groups is 1. The second-order valence-corrected chi connectivity index (χ2v) is 6.57. The fourth-order valence-corrected chi connectivity index (χ4v) is 3.17. The molecule has 1 aliphatic rings. The number of nitrogens with zero attached hydrogens (tertiary/aromatic N) is 1. The Morgan fingerprint density at radius 1 is 0.929 bits per heavy atom. The summed E-state index contributed by atoms with van der Waals surface area (Å²) in [7, 11) is 3.11. The highest BCUT2D eigenvalue weighted by atomic mass is 16.5. The Hall–Kier alpha value is -3.28. The van der Waals surface area contributed by atoms with Gasteiger partial charge in [-0.2, -0.15) is 0 Å². The number of benzene rings is 2. The molecule has 0 bridgehead atoms. The number of nitrogens with one attached hydrogen (secondary N) is 1. The number of methoxy groups -OCH3 is 2. The smallest absolute Gasteiger partial charge is 0.278 e. The van der Waals surface area contributed by atoms with Gasteiger partial charge in [-0.05, 0) is 31.0 Å². The van der Waals surface area contributed by atoms with Gasteiger partial charge in [-0.25, -0.2) is 0 Å². The molecule has 2 aromatic rings. The molecule has 6 heteroatoms. The van der Waals surface area contributed by atoms with Crippen molar-refractivity contribution in [2.45, 2.75) is 20.3 Å². The van der Waals surface area contributed by atoms with Gasteiger partial charge in [0, 0.05) is 18.3 Å². The highest BCUT2D eigenvalue weighted by Gasteiger charge is 2.38. The number of anilines is 1. The maximum absolute atomic E-state index is 13.0. The van der Waals surface area contributed by atoms with Crippen LogP contribution in [0.3, 0.4) is 0 Å². The van der Waals surface area contributed by atoms with Crippen molar-refractivity contribution < 1.29 is 19.1 Å². The van der Waals surface area contributed by atoms with Crippen molar-refractivity contribution in [2.75, 3.05) is 26.1 Å². The van der Waals surface area contributed by atoms with Crippen LogP contribution in [0, 0.1) is 6.92 Å². The molecule has 0 aromatic heterocycles. The highest BCUT2D eigenvalue weighted by Crippen LogP contribution is 2.34. The minimum Gasteiger partial charge on any atom is -0.493 e. The van der Waals surface area contributed by atoms with Gasteiger partial charge < -0.3 is 14.8 Å². The van der Waals surface area contributed by atoms with E-state index >= 15 is 0 Å². The Labute approximate surface area is 164 Å². The Balaban J connectivity index is 2.05. The van der Waals surface area contributed by atoms with E-state index in [1.165, 1.54) is 4.90 Å². The average Bonchev–Trinajstić information content (AvgIpc) is 2.93. The zero-order valence-corrected chi connectivity index (χ0v) is 16.5. The quantitative estimate of drug-likeness (QED) is 0.743. The summed E-state index contributed by atoms with van der Waals surface area (Å²) < 4.78 is 10.6. The molecule has 1 heterocycles. The van der Waals surface area contributed by atoms with Gasteiger partial charge in [-0.3, -0.25) is 14.5 Å². The van der Waals surface area contributed by atoms with Crippen LogP contribution >= 0.6 is 0 Å². The van der Waals surface area contributed by atoms with Crippen LogP contribution < -0.4 is 14.8 Å². The van der Waals surface area contributed by atoms with Crippen molar-refractivity contribution in [3.8, 4) is 11.5 Å². The zero-order chi connectivity index (χ0) is 20.3. The van der Waals surface area contributed by atoms with Crippen LogP contribution in [0.15, 0.2) is 48.2 Å². The Kier molecular flexibility index (Phi) is 5.68. The number of amides is 2. The summed E-state index contributed by atoms with van der Waals surface area (Å²) in [5.74, 6) is 0.519. The fraction of sp³-hybridized carbons (Fsp3) is 0.273. The summed E-state index contributed by atoms with van der Waals surface area (Å²) in [6.45, 7) is 4.29. The average molecular weight is 380 g/mol. The minimum absolute atomic E-state index is 0.273. The maximum atomic E-state index is 13.0.